The fraction of sp³-hybridized carbons (Fsp3) is 0.500. The first kappa shape index (κ1) is 18.1. The van der Waals surface area contributed by atoms with Crippen LogP contribution in [0.15, 0.2) is 18.2 Å². The van der Waals surface area contributed by atoms with Crippen molar-refractivity contribution in [2.75, 3.05) is 21.3 Å². The molecule has 0 amide bonds. The molecule has 122 valence electrons. The normalized spacial score (nSPS) is 10.7. The number of unbranched alkanes of at least 4 members (excludes halogenated alkanes) is 4. The van der Waals surface area contributed by atoms with Gasteiger partial charge in [0, 0.05) is 6.07 Å². The number of carbonyl (C=O) groups is 1. The summed E-state index contributed by atoms with van der Waals surface area (Å²) in [5, 5.41) is 0. The minimum atomic E-state index is -0.412. The molecular weight excluding hydrogens is 280 g/mol. The summed E-state index contributed by atoms with van der Waals surface area (Å²) in [4.78, 5) is 12.0. The number of benzene rings is 1. The second-order valence-electron chi connectivity index (χ2n) is 5.04. The molecular formula is C18H26O4. The van der Waals surface area contributed by atoms with Gasteiger partial charge in [-0.1, -0.05) is 38.3 Å². The molecule has 1 aromatic carbocycles. The van der Waals surface area contributed by atoms with Gasteiger partial charge in [0.2, 0.25) is 0 Å². The zero-order valence-corrected chi connectivity index (χ0v) is 14.0. The number of allylic oxidation sites excluding steroid dienone is 1. The van der Waals surface area contributed by atoms with Crippen molar-refractivity contribution in [1.82, 2.24) is 0 Å². The van der Waals surface area contributed by atoms with Gasteiger partial charge in [-0.3, -0.25) is 0 Å². The molecule has 4 nitrogen and oxygen atoms in total. The third-order valence-electron chi connectivity index (χ3n) is 3.47. The Morgan fingerprint density at radius 3 is 2.45 bits per heavy atom. The summed E-state index contributed by atoms with van der Waals surface area (Å²) in [6.45, 7) is 2.20. The van der Waals surface area contributed by atoms with Gasteiger partial charge in [0.25, 0.3) is 0 Å². The Balaban J connectivity index is 2.98. The van der Waals surface area contributed by atoms with Gasteiger partial charge in [-0.15, -0.1) is 0 Å². The van der Waals surface area contributed by atoms with Gasteiger partial charge in [0.05, 0.1) is 21.3 Å². The van der Waals surface area contributed by atoms with Gasteiger partial charge < -0.3 is 14.2 Å². The van der Waals surface area contributed by atoms with Gasteiger partial charge in [0.1, 0.15) is 17.1 Å². The van der Waals surface area contributed by atoms with Crippen LogP contribution in [0.25, 0.3) is 6.08 Å². The van der Waals surface area contributed by atoms with Gasteiger partial charge in [-0.2, -0.15) is 0 Å². The van der Waals surface area contributed by atoms with E-state index < -0.39 is 5.97 Å². The van der Waals surface area contributed by atoms with E-state index in [0.29, 0.717) is 17.1 Å². The summed E-state index contributed by atoms with van der Waals surface area (Å²) in [5.41, 5.74) is 1.18. The van der Waals surface area contributed by atoms with Crippen LogP contribution in [0, 0.1) is 0 Å². The lowest BCUT2D eigenvalue weighted by molar-refractivity contribution is 0.0597. The average molecular weight is 306 g/mol. The van der Waals surface area contributed by atoms with Crippen LogP contribution in [-0.4, -0.2) is 27.3 Å². The lowest BCUT2D eigenvalue weighted by Gasteiger charge is -2.12. The summed E-state index contributed by atoms with van der Waals surface area (Å²) in [6, 6.07) is 3.50. The predicted octanol–water partition coefficient (Wildman–Crippen LogP) is 4.47. The molecule has 0 unspecified atom stereocenters. The maximum Gasteiger partial charge on any atom is 0.342 e. The number of methoxy groups -OCH3 is 3. The molecule has 0 aliphatic rings. The van der Waals surface area contributed by atoms with E-state index in [0.717, 1.165) is 18.4 Å². The van der Waals surface area contributed by atoms with Crippen molar-refractivity contribution in [1.29, 1.82) is 0 Å². The molecule has 0 radical (unpaired) electrons. The fourth-order valence-electron chi connectivity index (χ4n) is 2.24. The quantitative estimate of drug-likeness (QED) is 0.498. The van der Waals surface area contributed by atoms with Crippen LogP contribution in [-0.2, 0) is 4.74 Å². The first-order valence-corrected chi connectivity index (χ1v) is 7.68. The molecule has 0 N–H and O–H groups in total. The van der Waals surface area contributed by atoms with E-state index in [1.807, 2.05) is 12.1 Å². The second-order valence-corrected chi connectivity index (χ2v) is 5.04. The van der Waals surface area contributed by atoms with E-state index in [9.17, 15) is 4.79 Å². The molecule has 0 atom stereocenters. The molecule has 1 aromatic rings. The first-order chi connectivity index (χ1) is 10.7. The van der Waals surface area contributed by atoms with E-state index >= 15 is 0 Å². The van der Waals surface area contributed by atoms with E-state index in [4.69, 9.17) is 14.2 Å². The van der Waals surface area contributed by atoms with Crippen molar-refractivity contribution in [3.63, 3.8) is 0 Å². The largest absolute Gasteiger partial charge is 0.497 e. The third-order valence-corrected chi connectivity index (χ3v) is 3.47. The van der Waals surface area contributed by atoms with Crippen LogP contribution < -0.4 is 9.47 Å². The smallest absolute Gasteiger partial charge is 0.342 e. The minimum absolute atomic E-state index is 0.412. The zero-order chi connectivity index (χ0) is 16.4. The Kier molecular flexibility index (Phi) is 8.11. The minimum Gasteiger partial charge on any atom is -0.497 e. The molecule has 0 aromatic heterocycles. The molecule has 0 heterocycles. The molecule has 0 spiro atoms. The molecule has 4 heteroatoms. The number of rotatable bonds is 9. The monoisotopic (exact) mass is 306 g/mol. The molecule has 0 saturated heterocycles. The van der Waals surface area contributed by atoms with E-state index in [-0.39, 0.29) is 0 Å². The second kappa shape index (κ2) is 9.87. The Morgan fingerprint density at radius 2 is 1.86 bits per heavy atom. The first-order valence-electron chi connectivity index (χ1n) is 7.68. The lowest BCUT2D eigenvalue weighted by atomic mass is 10.0. The number of hydrogen-bond acceptors (Lipinski definition) is 4. The van der Waals surface area contributed by atoms with Crippen LogP contribution in [0.3, 0.4) is 0 Å². The Morgan fingerprint density at radius 1 is 1.09 bits per heavy atom. The van der Waals surface area contributed by atoms with E-state index in [2.05, 4.69) is 13.0 Å². The molecule has 0 bridgehead atoms. The Hall–Kier alpha value is -1.97. The van der Waals surface area contributed by atoms with Gasteiger partial charge in [-0.25, -0.2) is 4.79 Å². The number of hydrogen-bond donors (Lipinski definition) is 0. The van der Waals surface area contributed by atoms with Crippen LogP contribution in [0.4, 0.5) is 0 Å². The Labute approximate surface area is 133 Å². The maximum absolute atomic E-state index is 12.0. The lowest BCUT2D eigenvalue weighted by Crippen LogP contribution is -2.07. The van der Waals surface area contributed by atoms with Gasteiger partial charge in [-0.05, 0) is 24.5 Å². The van der Waals surface area contributed by atoms with Crippen molar-refractivity contribution < 1.29 is 19.0 Å². The molecule has 0 aliphatic heterocycles. The SMILES string of the molecule is CCCCCC/C=C/c1cc(OC)cc(OC)c1C(=O)OC. The van der Waals surface area contributed by atoms with Crippen molar-refractivity contribution in [3.05, 3.63) is 29.3 Å². The third kappa shape index (κ3) is 5.10. The van der Waals surface area contributed by atoms with Crippen LogP contribution in [0.1, 0.15) is 54.9 Å². The van der Waals surface area contributed by atoms with Crippen molar-refractivity contribution >= 4 is 12.0 Å². The standard InChI is InChI=1S/C18H26O4/c1-5-6-7-8-9-10-11-14-12-15(20-2)13-16(21-3)17(14)18(19)22-4/h10-13H,5-9H2,1-4H3/b11-10+. The molecule has 0 fully saturated rings. The molecule has 1 rings (SSSR count). The van der Waals surface area contributed by atoms with Crippen LogP contribution in [0.5, 0.6) is 11.5 Å². The molecule has 0 aliphatic carbocycles. The van der Waals surface area contributed by atoms with Crippen molar-refractivity contribution in [2.24, 2.45) is 0 Å². The van der Waals surface area contributed by atoms with Crippen molar-refractivity contribution in [2.45, 2.75) is 39.0 Å². The van der Waals surface area contributed by atoms with Crippen molar-refractivity contribution in [3.8, 4) is 11.5 Å². The van der Waals surface area contributed by atoms with Crippen LogP contribution in [0.2, 0.25) is 0 Å². The fourth-order valence-corrected chi connectivity index (χ4v) is 2.24. The highest BCUT2D eigenvalue weighted by atomic mass is 16.5. The number of ether oxygens (including phenoxy) is 3. The van der Waals surface area contributed by atoms with Crippen LogP contribution >= 0.6 is 0 Å². The molecule has 0 saturated carbocycles. The number of carbonyl (C=O) groups excluding carboxylic acids is 1. The maximum atomic E-state index is 12.0. The highest BCUT2D eigenvalue weighted by Crippen LogP contribution is 2.30. The molecule has 22 heavy (non-hydrogen) atoms. The highest BCUT2D eigenvalue weighted by Gasteiger charge is 2.18. The predicted molar refractivity (Wildman–Crippen MR) is 88.7 cm³/mol. The summed E-state index contributed by atoms with van der Waals surface area (Å²) in [6.07, 6.45) is 9.86. The topological polar surface area (TPSA) is 44.8 Å². The van der Waals surface area contributed by atoms with Gasteiger partial charge >= 0.3 is 5.97 Å². The summed E-state index contributed by atoms with van der Waals surface area (Å²) < 4.78 is 15.4. The average Bonchev–Trinajstić information content (AvgIpc) is 2.56. The van der Waals surface area contributed by atoms with E-state index in [1.54, 1.807) is 13.2 Å². The zero-order valence-electron chi connectivity index (χ0n) is 14.0. The Bertz CT molecular complexity index is 506. The number of esters is 1. The summed E-state index contributed by atoms with van der Waals surface area (Å²) in [7, 11) is 4.48. The van der Waals surface area contributed by atoms with Gasteiger partial charge in [0.15, 0.2) is 0 Å². The summed E-state index contributed by atoms with van der Waals surface area (Å²) >= 11 is 0. The summed E-state index contributed by atoms with van der Waals surface area (Å²) in [5.74, 6) is 0.692. The highest BCUT2D eigenvalue weighted by molar-refractivity contribution is 5.97. The van der Waals surface area contributed by atoms with E-state index in [1.165, 1.54) is 33.5 Å².